The molecule has 4 heterocycles. The molecule has 2 amide bonds. The molecule has 1 aliphatic heterocycles. The summed E-state index contributed by atoms with van der Waals surface area (Å²) in [6, 6.07) is 12.9. The zero-order valence-electron chi connectivity index (χ0n) is 17.1. The molecule has 160 valence electrons. The molecule has 9 heteroatoms. The standard InChI is InChI=1S/C23H20N6O2S/c30-21(19-3-1-2-9-25-19)27-23-26-18-8-11-29(14-20(18)32-23)22(31)17-6-4-16(5-7-17)13-28-12-10-24-15-28/h1-7,9-10,12,15H,8,11,13-14H2,(H,26,27,30). The SMILES string of the molecule is O=C(Nc1nc2c(s1)CN(C(=O)c1ccc(Cn3ccnc3)cc1)CC2)c1ccccn1. The number of imidazole rings is 1. The number of hydrogen-bond donors (Lipinski definition) is 1. The highest BCUT2D eigenvalue weighted by molar-refractivity contribution is 7.15. The first-order valence-corrected chi connectivity index (χ1v) is 11.0. The number of amides is 2. The lowest BCUT2D eigenvalue weighted by Crippen LogP contribution is -2.35. The van der Waals surface area contributed by atoms with Gasteiger partial charge in [0.25, 0.3) is 11.8 Å². The molecule has 3 aromatic heterocycles. The third-order valence-electron chi connectivity index (χ3n) is 5.26. The van der Waals surface area contributed by atoms with Crippen molar-refractivity contribution in [3.8, 4) is 0 Å². The Hall–Kier alpha value is -3.85. The molecular weight excluding hydrogens is 424 g/mol. The van der Waals surface area contributed by atoms with Crippen molar-refractivity contribution in [1.82, 2.24) is 24.4 Å². The van der Waals surface area contributed by atoms with Crippen molar-refractivity contribution >= 4 is 28.3 Å². The number of nitrogens with zero attached hydrogens (tertiary/aromatic N) is 5. The maximum Gasteiger partial charge on any atom is 0.276 e. The normalized spacial score (nSPS) is 12.9. The zero-order chi connectivity index (χ0) is 21.9. The molecule has 0 aliphatic carbocycles. The Labute approximate surface area is 188 Å². The van der Waals surface area contributed by atoms with Crippen molar-refractivity contribution in [3.05, 3.63) is 94.8 Å². The van der Waals surface area contributed by atoms with Crippen molar-refractivity contribution in [1.29, 1.82) is 0 Å². The van der Waals surface area contributed by atoms with Gasteiger partial charge in [0.2, 0.25) is 0 Å². The van der Waals surface area contributed by atoms with Gasteiger partial charge >= 0.3 is 0 Å². The van der Waals surface area contributed by atoms with Gasteiger partial charge < -0.3 is 9.47 Å². The lowest BCUT2D eigenvalue weighted by atomic mass is 10.1. The minimum Gasteiger partial charge on any atom is -0.333 e. The Morgan fingerprint density at radius 1 is 1.09 bits per heavy atom. The van der Waals surface area contributed by atoms with Crippen molar-refractivity contribution in [2.75, 3.05) is 11.9 Å². The number of carbonyl (C=O) groups is 2. The van der Waals surface area contributed by atoms with E-state index in [1.807, 2.05) is 39.9 Å². The molecule has 1 aliphatic rings. The predicted octanol–water partition coefficient (Wildman–Crippen LogP) is 3.23. The van der Waals surface area contributed by atoms with E-state index in [4.69, 9.17) is 0 Å². The van der Waals surface area contributed by atoms with Crippen LogP contribution in [-0.4, -0.2) is 42.8 Å². The monoisotopic (exact) mass is 444 g/mol. The number of benzene rings is 1. The van der Waals surface area contributed by atoms with Crippen molar-refractivity contribution in [2.45, 2.75) is 19.5 Å². The molecule has 1 N–H and O–H groups in total. The summed E-state index contributed by atoms with van der Waals surface area (Å²) in [7, 11) is 0. The van der Waals surface area contributed by atoms with Gasteiger partial charge in [-0.25, -0.2) is 9.97 Å². The third-order valence-corrected chi connectivity index (χ3v) is 6.26. The molecule has 1 aromatic carbocycles. The minimum atomic E-state index is -0.291. The van der Waals surface area contributed by atoms with Gasteiger partial charge in [0, 0.05) is 48.5 Å². The maximum atomic E-state index is 13.0. The van der Waals surface area contributed by atoms with Crippen molar-refractivity contribution < 1.29 is 9.59 Å². The predicted molar refractivity (Wildman–Crippen MR) is 121 cm³/mol. The fraction of sp³-hybridized carbons (Fsp3) is 0.174. The zero-order valence-corrected chi connectivity index (χ0v) is 18.0. The number of pyridine rings is 1. The second kappa shape index (κ2) is 8.72. The first-order chi connectivity index (χ1) is 15.7. The summed E-state index contributed by atoms with van der Waals surface area (Å²) in [5.41, 5.74) is 3.05. The van der Waals surface area contributed by atoms with Crippen LogP contribution in [-0.2, 0) is 19.5 Å². The number of aromatic nitrogens is 4. The number of rotatable bonds is 5. The highest BCUT2D eigenvalue weighted by Crippen LogP contribution is 2.29. The summed E-state index contributed by atoms with van der Waals surface area (Å²) in [6.45, 7) is 1.80. The van der Waals surface area contributed by atoms with E-state index >= 15 is 0 Å². The molecule has 0 fully saturated rings. The van der Waals surface area contributed by atoms with Gasteiger partial charge in [-0.15, -0.1) is 0 Å². The van der Waals surface area contributed by atoms with Crippen LogP contribution in [0.4, 0.5) is 5.13 Å². The number of nitrogens with one attached hydrogen (secondary N) is 1. The molecule has 0 radical (unpaired) electrons. The highest BCUT2D eigenvalue weighted by atomic mass is 32.1. The molecule has 0 saturated heterocycles. The van der Waals surface area contributed by atoms with E-state index in [1.54, 1.807) is 36.9 Å². The number of carbonyl (C=O) groups excluding carboxylic acids is 2. The Morgan fingerprint density at radius 3 is 2.72 bits per heavy atom. The minimum absolute atomic E-state index is 0.00250. The molecule has 0 spiro atoms. The van der Waals surface area contributed by atoms with Gasteiger partial charge in [-0.1, -0.05) is 29.5 Å². The van der Waals surface area contributed by atoms with Crippen LogP contribution < -0.4 is 5.32 Å². The Kier molecular flexibility index (Phi) is 5.47. The molecule has 32 heavy (non-hydrogen) atoms. The molecule has 8 nitrogen and oxygen atoms in total. The lowest BCUT2D eigenvalue weighted by Gasteiger charge is -2.26. The van der Waals surface area contributed by atoms with Crippen LogP contribution in [0.25, 0.3) is 0 Å². The molecule has 4 aromatic rings. The summed E-state index contributed by atoms with van der Waals surface area (Å²) < 4.78 is 1.98. The molecule has 5 rings (SSSR count). The van der Waals surface area contributed by atoms with E-state index in [9.17, 15) is 9.59 Å². The van der Waals surface area contributed by atoms with Crippen molar-refractivity contribution in [2.24, 2.45) is 0 Å². The van der Waals surface area contributed by atoms with Crippen LogP contribution in [0.15, 0.2) is 67.4 Å². The Balaban J connectivity index is 1.24. The topological polar surface area (TPSA) is 93.0 Å². The van der Waals surface area contributed by atoms with Crippen LogP contribution in [0.1, 0.15) is 37.0 Å². The average Bonchev–Trinajstić information content (AvgIpc) is 3.48. The quantitative estimate of drug-likeness (QED) is 0.510. The molecule has 0 saturated carbocycles. The first-order valence-electron chi connectivity index (χ1n) is 10.2. The van der Waals surface area contributed by atoms with Gasteiger partial charge in [-0.3, -0.25) is 19.9 Å². The molecule has 0 unspecified atom stereocenters. The number of fused-ring (bicyclic) bond motifs is 1. The Bertz CT molecular complexity index is 1240. The average molecular weight is 445 g/mol. The van der Waals surface area contributed by atoms with E-state index in [2.05, 4.69) is 20.3 Å². The van der Waals surface area contributed by atoms with Gasteiger partial charge in [-0.2, -0.15) is 0 Å². The maximum absolute atomic E-state index is 13.0. The van der Waals surface area contributed by atoms with Gasteiger partial charge in [0.15, 0.2) is 5.13 Å². The summed E-state index contributed by atoms with van der Waals surface area (Å²) in [5, 5.41) is 3.34. The summed E-state index contributed by atoms with van der Waals surface area (Å²) in [4.78, 5) is 40.8. The van der Waals surface area contributed by atoms with Crippen LogP contribution in [0.2, 0.25) is 0 Å². The summed E-state index contributed by atoms with van der Waals surface area (Å²) >= 11 is 1.41. The molecule has 0 bridgehead atoms. The van der Waals surface area contributed by atoms with E-state index < -0.39 is 0 Å². The van der Waals surface area contributed by atoms with E-state index in [0.29, 0.717) is 35.9 Å². The second-order valence-electron chi connectivity index (χ2n) is 7.47. The van der Waals surface area contributed by atoms with Crippen LogP contribution in [0, 0.1) is 0 Å². The van der Waals surface area contributed by atoms with E-state index in [-0.39, 0.29) is 11.8 Å². The first kappa shape index (κ1) is 20.1. The van der Waals surface area contributed by atoms with Crippen LogP contribution in [0.3, 0.4) is 0 Å². The number of hydrogen-bond acceptors (Lipinski definition) is 6. The number of anilines is 1. The van der Waals surface area contributed by atoms with Crippen molar-refractivity contribution in [3.63, 3.8) is 0 Å². The summed E-state index contributed by atoms with van der Waals surface area (Å²) in [5.74, 6) is -0.294. The van der Waals surface area contributed by atoms with E-state index in [1.165, 1.54) is 11.3 Å². The fourth-order valence-corrected chi connectivity index (χ4v) is 4.63. The highest BCUT2D eigenvalue weighted by Gasteiger charge is 2.25. The lowest BCUT2D eigenvalue weighted by molar-refractivity contribution is 0.0736. The largest absolute Gasteiger partial charge is 0.333 e. The smallest absolute Gasteiger partial charge is 0.276 e. The molecular formula is C23H20N6O2S. The fourth-order valence-electron chi connectivity index (χ4n) is 3.61. The molecule has 0 atom stereocenters. The van der Waals surface area contributed by atoms with Crippen LogP contribution in [0.5, 0.6) is 0 Å². The van der Waals surface area contributed by atoms with Gasteiger partial charge in [0.05, 0.1) is 18.6 Å². The van der Waals surface area contributed by atoms with Crippen LogP contribution >= 0.6 is 11.3 Å². The third kappa shape index (κ3) is 4.28. The van der Waals surface area contributed by atoms with Gasteiger partial charge in [-0.05, 0) is 29.8 Å². The summed E-state index contributed by atoms with van der Waals surface area (Å²) in [6.07, 6.45) is 7.67. The Morgan fingerprint density at radius 2 is 1.97 bits per heavy atom. The van der Waals surface area contributed by atoms with E-state index in [0.717, 1.165) is 22.7 Å². The number of thiazole rings is 1. The second-order valence-corrected chi connectivity index (χ2v) is 8.55. The van der Waals surface area contributed by atoms with Gasteiger partial charge in [0.1, 0.15) is 5.69 Å².